The molecule has 0 aliphatic carbocycles. The van der Waals surface area contributed by atoms with Crippen LogP contribution in [0.4, 0.5) is 0 Å². The van der Waals surface area contributed by atoms with E-state index in [-0.39, 0.29) is 12.6 Å². The van der Waals surface area contributed by atoms with Gasteiger partial charge in [0, 0.05) is 29.2 Å². The molecule has 2 aromatic rings. The van der Waals surface area contributed by atoms with Gasteiger partial charge < -0.3 is 10.2 Å². The average molecular weight is 405 g/mol. The van der Waals surface area contributed by atoms with Gasteiger partial charge in [0.1, 0.15) is 5.92 Å². The first-order valence-corrected chi connectivity index (χ1v) is 9.18. The molecule has 1 heterocycles. The smallest absolute Gasteiger partial charge is 0.290 e. The van der Waals surface area contributed by atoms with Crippen LogP contribution >= 0.6 is 23.2 Å². The van der Waals surface area contributed by atoms with Gasteiger partial charge in [0.25, 0.3) is 5.91 Å². The quantitative estimate of drug-likeness (QED) is 0.626. The number of rotatable bonds is 4. The van der Waals surface area contributed by atoms with Gasteiger partial charge in [-0.25, -0.2) is 0 Å². The second-order valence-electron chi connectivity index (χ2n) is 6.58. The summed E-state index contributed by atoms with van der Waals surface area (Å²) in [6, 6.07) is 12.5. The lowest BCUT2D eigenvalue weighted by Crippen LogP contribution is -2.37. The number of hydrogen-bond donors (Lipinski definition) is 1. The monoisotopic (exact) mass is 404 g/mol. The van der Waals surface area contributed by atoms with Gasteiger partial charge in [-0.1, -0.05) is 47.5 Å². The van der Waals surface area contributed by atoms with Crippen molar-refractivity contribution in [2.24, 2.45) is 5.92 Å². The Labute approximate surface area is 167 Å². The number of carbonyl (C=O) groups excluding carboxylic acids is 3. The highest BCUT2D eigenvalue weighted by atomic mass is 35.5. The van der Waals surface area contributed by atoms with Gasteiger partial charge in [0.15, 0.2) is 0 Å². The summed E-state index contributed by atoms with van der Waals surface area (Å²) in [4.78, 5) is 37.2. The Kier molecular flexibility index (Phi) is 5.53. The highest BCUT2D eigenvalue weighted by Crippen LogP contribution is 2.31. The molecular weight excluding hydrogens is 387 g/mol. The Morgan fingerprint density at radius 2 is 1.93 bits per heavy atom. The highest BCUT2D eigenvalue weighted by Gasteiger charge is 2.41. The van der Waals surface area contributed by atoms with Crippen LogP contribution in [0.1, 0.15) is 18.5 Å². The lowest BCUT2D eigenvalue weighted by molar-refractivity contribution is -0.142. The minimum Gasteiger partial charge on any atom is -0.349 e. The van der Waals surface area contributed by atoms with Gasteiger partial charge >= 0.3 is 0 Å². The van der Waals surface area contributed by atoms with E-state index in [9.17, 15) is 14.4 Å². The number of benzene rings is 2. The van der Waals surface area contributed by atoms with Crippen LogP contribution in [-0.2, 0) is 14.4 Å². The predicted octanol–water partition coefficient (Wildman–Crippen LogP) is 3.49. The molecule has 2 atom stereocenters. The van der Waals surface area contributed by atoms with Crippen molar-refractivity contribution < 1.29 is 14.4 Å². The summed E-state index contributed by atoms with van der Waals surface area (Å²) in [7, 11) is 1.51. The fourth-order valence-corrected chi connectivity index (χ4v) is 3.59. The lowest BCUT2D eigenvalue weighted by atomic mass is 9.99. The second kappa shape index (κ2) is 7.71. The second-order valence-corrected chi connectivity index (χ2v) is 7.43. The zero-order chi connectivity index (χ0) is 19.7. The van der Waals surface area contributed by atoms with Crippen LogP contribution in [0.3, 0.4) is 0 Å². The first-order chi connectivity index (χ1) is 12.8. The van der Waals surface area contributed by atoms with Crippen molar-refractivity contribution in [2.45, 2.75) is 13.0 Å². The Morgan fingerprint density at radius 1 is 1.19 bits per heavy atom. The van der Waals surface area contributed by atoms with E-state index in [0.717, 1.165) is 16.7 Å². The van der Waals surface area contributed by atoms with E-state index in [1.165, 1.54) is 11.9 Å². The lowest BCUT2D eigenvalue weighted by Gasteiger charge is -2.18. The average Bonchev–Trinajstić information content (AvgIpc) is 2.89. The van der Waals surface area contributed by atoms with E-state index in [0.29, 0.717) is 10.0 Å². The SMILES string of the molecule is C[C@@H](NC(=O)C1CN(C)C(=O)C1=O)c1cccc(-c2ccc(Cl)cc2Cl)c1. The van der Waals surface area contributed by atoms with Gasteiger partial charge in [-0.3, -0.25) is 14.4 Å². The number of Topliss-reactive ketones (excluding diaryl/α,β-unsaturated/α-hetero) is 1. The summed E-state index contributed by atoms with van der Waals surface area (Å²) in [6.07, 6.45) is 0. The van der Waals surface area contributed by atoms with Crippen LogP contribution in [0.15, 0.2) is 42.5 Å². The molecule has 0 aromatic heterocycles. The Bertz CT molecular complexity index is 929. The maximum Gasteiger partial charge on any atom is 0.290 e. The number of amides is 2. The zero-order valence-electron chi connectivity index (χ0n) is 14.8. The summed E-state index contributed by atoms with van der Waals surface area (Å²) in [5.74, 6) is -2.69. The van der Waals surface area contributed by atoms with Crippen LogP contribution < -0.4 is 5.32 Å². The standard InChI is InChI=1S/C20H18Cl2N2O3/c1-11(23-19(26)16-10-24(2)20(27)18(16)25)12-4-3-5-13(8-12)15-7-6-14(21)9-17(15)22/h3-9,11,16H,10H2,1-2H3,(H,23,26)/t11-,16?/m1/s1. The van der Waals surface area contributed by atoms with Gasteiger partial charge in [0.05, 0.1) is 6.04 Å². The van der Waals surface area contributed by atoms with Gasteiger partial charge in [0.2, 0.25) is 11.7 Å². The van der Waals surface area contributed by atoms with Crippen LogP contribution in [0.25, 0.3) is 11.1 Å². The molecule has 0 spiro atoms. The molecule has 1 saturated heterocycles. The van der Waals surface area contributed by atoms with Gasteiger partial charge in [-0.05, 0) is 36.2 Å². The molecular formula is C20H18Cl2N2O3. The third-order valence-electron chi connectivity index (χ3n) is 4.63. The fraction of sp³-hybridized carbons (Fsp3) is 0.250. The Hall–Kier alpha value is -2.37. The number of likely N-dealkylation sites (tertiary alicyclic amines) is 1. The summed E-state index contributed by atoms with van der Waals surface area (Å²) in [5.41, 5.74) is 2.58. The molecule has 0 bridgehead atoms. The molecule has 1 aliphatic heterocycles. The molecule has 2 amide bonds. The first-order valence-electron chi connectivity index (χ1n) is 8.43. The fourth-order valence-electron chi connectivity index (χ4n) is 3.08. The molecule has 1 unspecified atom stereocenters. The summed E-state index contributed by atoms with van der Waals surface area (Å²) >= 11 is 12.2. The summed E-state index contributed by atoms with van der Waals surface area (Å²) < 4.78 is 0. The van der Waals surface area contributed by atoms with Crippen molar-refractivity contribution in [1.82, 2.24) is 10.2 Å². The molecule has 5 nitrogen and oxygen atoms in total. The molecule has 0 radical (unpaired) electrons. The summed E-state index contributed by atoms with van der Waals surface area (Å²) in [6.45, 7) is 1.93. The maximum atomic E-state index is 12.4. The van der Waals surface area contributed by atoms with Gasteiger partial charge in [-0.2, -0.15) is 0 Å². The topological polar surface area (TPSA) is 66.5 Å². The number of nitrogens with one attached hydrogen (secondary N) is 1. The van der Waals surface area contributed by atoms with Crippen molar-refractivity contribution in [2.75, 3.05) is 13.6 Å². The largest absolute Gasteiger partial charge is 0.349 e. The van der Waals surface area contributed by atoms with Crippen LogP contribution in [0.2, 0.25) is 10.0 Å². The van der Waals surface area contributed by atoms with Gasteiger partial charge in [-0.15, -0.1) is 0 Å². The van der Waals surface area contributed by atoms with E-state index in [4.69, 9.17) is 23.2 Å². The van der Waals surface area contributed by atoms with E-state index >= 15 is 0 Å². The van der Waals surface area contributed by atoms with Crippen molar-refractivity contribution in [3.05, 3.63) is 58.1 Å². The minimum atomic E-state index is -0.959. The number of hydrogen-bond acceptors (Lipinski definition) is 3. The third-order valence-corrected chi connectivity index (χ3v) is 5.18. The number of nitrogens with zero attached hydrogens (tertiary/aromatic N) is 1. The normalized spacial score (nSPS) is 17.9. The van der Waals surface area contributed by atoms with E-state index in [1.807, 2.05) is 37.3 Å². The molecule has 27 heavy (non-hydrogen) atoms. The van der Waals surface area contributed by atoms with Crippen LogP contribution in [-0.4, -0.2) is 36.1 Å². The predicted molar refractivity (Wildman–Crippen MR) is 105 cm³/mol. The van der Waals surface area contributed by atoms with Crippen molar-refractivity contribution >= 4 is 40.8 Å². The minimum absolute atomic E-state index is 0.108. The Balaban J connectivity index is 1.78. The number of likely N-dealkylation sites (N-methyl/N-ethyl adjacent to an activating group) is 1. The summed E-state index contributed by atoms with van der Waals surface area (Å²) in [5, 5.41) is 3.91. The molecule has 140 valence electrons. The molecule has 0 saturated carbocycles. The zero-order valence-corrected chi connectivity index (χ0v) is 16.3. The van der Waals surface area contributed by atoms with E-state index < -0.39 is 23.5 Å². The molecule has 1 N–H and O–H groups in total. The van der Waals surface area contributed by atoms with Crippen LogP contribution in [0, 0.1) is 5.92 Å². The molecule has 1 fully saturated rings. The van der Waals surface area contributed by atoms with E-state index in [2.05, 4.69) is 5.32 Å². The molecule has 3 rings (SSSR count). The van der Waals surface area contributed by atoms with Crippen molar-refractivity contribution in [3.8, 4) is 11.1 Å². The van der Waals surface area contributed by atoms with Crippen molar-refractivity contribution in [3.63, 3.8) is 0 Å². The maximum absolute atomic E-state index is 12.4. The van der Waals surface area contributed by atoms with Crippen molar-refractivity contribution in [1.29, 1.82) is 0 Å². The number of ketones is 1. The first kappa shape index (κ1) is 19.4. The molecule has 1 aliphatic rings. The van der Waals surface area contributed by atoms with Crippen LogP contribution in [0.5, 0.6) is 0 Å². The molecule has 7 heteroatoms. The Morgan fingerprint density at radius 3 is 2.56 bits per heavy atom. The molecule has 2 aromatic carbocycles. The number of carbonyl (C=O) groups is 3. The number of halogens is 2. The highest BCUT2D eigenvalue weighted by molar-refractivity contribution is 6.42. The third kappa shape index (κ3) is 3.99. The van der Waals surface area contributed by atoms with E-state index in [1.54, 1.807) is 12.1 Å².